The molecule has 1 unspecified atom stereocenters. The highest BCUT2D eigenvalue weighted by atomic mass is 19.1. The highest BCUT2D eigenvalue weighted by Crippen LogP contribution is 2.09. The summed E-state index contributed by atoms with van der Waals surface area (Å²) in [6, 6.07) is 3.91. The molecule has 0 aliphatic carbocycles. The van der Waals surface area contributed by atoms with Crippen molar-refractivity contribution in [2.75, 3.05) is 0 Å². The number of nitrogens with one attached hydrogen (secondary N) is 1. The van der Waals surface area contributed by atoms with Crippen LogP contribution in [0.1, 0.15) is 30.1 Å². The van der Waals surface area contributed by atoms with E-state index in [0.717, 1.165) is 12.1 Å². The Morgan fingerprint density at radius 1 is 1.26 bits per heavy atom. The molecule has 0 aliphatic heterocycles. The Balaban J connectivity index is 2.59. The van der Waals surface area contributed by atoms with Gasteiger partial charge in [0.2, 0.25) is 5.91 Å². The van der Waals surface area contributed by atoms with E-state index in [4.69, 9.17) is 5.11 Å². The number of carboxylic acids is 1. The molecule has 0 heterocycles. The zero-order chi connectivity index (χ0) is 14.4. The maximum atomic E-state index is 12.7. The number of hydrogen-bond donors (Lipinski definition) is 2. The van der Waals surface area contributed by atoms with E-state index in [2.05, 4.69) is 5.32 Å². The molecular weight excluding hydrogens is 253 g/mol. The molecule has 0 saturated heterocycles. The molecule has 0 saturated carbocycles. The molecule has 0 aliphatic rings. The van der Waals surface area contributed by atoms with Gasteiger partial charge in [0.15, 0.2) is 5.78 Å². The van der Waals surface area contributed by atoms with Crippen LogP contribution < -0.4 is 5.32 Å². The third-order valence-electron chi connectivity index (χ3n) is 2.50. The predicted octanol–water partition coefficient (Wildman–Crippen LogP) is 1.38. The second-order valence-corrected chi connectivity index (χ2v) is 4.06. The van der Waals surface area contributed by atoms with E-state index in [-0.39, 0.29) is 18.6 Å². The van der Waals surface area contributed by atoms with Gasteiger partial charge in [-0.15, -0.1) is 0 Å². The van der Waals surface area contributed by atoms with E-state index in [1.165, 1.54) is 19.1 Å². The topological polar surface area (TPSA) is 83.5 Å². The Kier molecular flexibility index (Phi) is 5.17. The lowest BCUT2D eigenvalue weighted by atomic mass is 10.0. The van der Waals surface area contributed by atoms with Crippen LogP contribution in [0.5, 0.6) is 0 Å². The summed E-state index contributed by atoms with van der Waals surface area (Å²) in [5.41, 5.74) is 0.313. The smallest absolute Gasteiger partial charge is 0.326 e. The normalized spacial score (nSPS) is 11.7. The molecule has 0 bridgehead atoms. The van der Waals surface area contributed by atoms with E-state index in [1.54, 1.807) is 0 Å². The molecule has 1 aromatic rings. The summed E-state index contributed by atoms with van der Waals surface area (Å²) in [5, 5.41) is 11.1. The summed E-state index contributed by atoms with van der Waals surface area (Å²) in [6.07, 6.45) is -0.0476. The fourth-order valence-electron chi connectivity index (χ4n) is 1.56. The summed E-state index contributed by atoms with van der Waals surface area (Å²) in [5.74, 6) is -2.40. The number of rotatable bonds is 6. The van der Waals surface area contributed by atoms with Gasteiger partial charge in [0.25, 0.3) is 0 Å². The average Bonchev–Trinajstić information content (AvgIpc) is 2.34. The van der Waals surface area contributed by atoms with Crippen molar-refractivity contribution in [2.45, 2.75) is 25.8 Å². The first-order valence-electron chi connectivity index (χ1n) is 5.69. The van der Waals surface area contributed by atoms with Crippen molar-refractivity contribution in [3.63, 3.8) is 0 Å². The molecule has 1 amide bonds. The summed E-state index contributed by atoms with van der Waals surface area (Å²) >= 11 is 0. The molecule has 1 aromatic carbocycles. The van der Waals surface area contributed by atoms with Crippen molar-refractivity contribution in [1.29, 1.82) is 0 Å². The van der Waals surface area contributed by atoms with Crippen LogP contribution in [-0.4, -0.2) is 28.8 Å². The van der Waals surface area contributed by atoms with Crippen LogP contribution in [0, 0.1) is 5.82 Å². The van der Waals surface area contributed by atoms with Gasteiger partial charge in [-0.25, -0.2) is 9.18 Å². The maximum absolute atomic E-state index is 12.7. The SMILES string of the molecule is CC(=O)NC(CCC(=O)c1ccc(F)cc1)C(=O)O. The van der Waals surface area contributed by atoms with E-state index in [1.807, 2.05) is 0 Å². The molecule has 0 spiro atoms. The molecule has 1 atom stereocenters. The van der Waals surface area contributed by atoms with E-state index in [0.29, 0.717) is 5.56 Å². The lowest BCUT2D eigenvalue weighted by molar-refractivity contribution is -0.141. The molecule has 19 heavy (non-hydrogen) atoms. The highest BCUT2D eigenvalue weighted by Gasteiger charge is 2.19. The number of carbonyl (C=O) groups excluding carboxylic acids is 2. The van der Waals surface area contributed by atoms with Gasteiger partial charge in [-0.3, -0.25) is 9.59 Å². The van der Waals surface area contributed by atoms with Gasteiger partial charge >= 0.3 is 5.97 Å². The number of amides is 1. The van der Waals surface area contributed by atoms with Gasteiger partial charge in [0, 0.05) is 18.9 Å². The van der Waals surface area contributed by atoms with Crippen molar-refractivity contribution in [3.8, 4) is 0 Å². The van der Waals surface area contributed by atoms with Gasteiger partial charge in [-0.05, 0) is 30.7 Å². The molecule has 6 heteroatoms. The minimum atomic E-state index is -1.19. The number of aliphatic carboxylic acids is 1. The van der Waals surface area contributed by atoms with Crippen molar-refractivity contribution in [1.82, 2.24) is 5.32 Å². The third kappa shape index (κ3) is 4.87. The maximum Gasteiger partial charge on any atom is 0.326 e. The van der Waals surface area contributed by atoms with Gasteiger partial charge in [-0.2, -0.15) is 0 Å². The van der Waals surface area contributed by atoms with Crippen molar-refractivity contribution in [2.24, 2.45) is 0 Å². The van der Waals surface area contributed by atoms with Gasteiger partial charge in [0.05, 0.1) is 0 Å². The fraction of sp³-hybridized carbons (Fsp3) is 0.308. The largest absolute Gasteiger partial charge is 0.480 e. The van der Waals surface area contributed by atoms with Crippen LogP contribution in [0.2, 0.25) is 0 Å². The third-order valence-corrected chi connectivity index (χ3v) is 2.50. The Labute approximate surface area is 109 Å². The molecular formula is C13H14FNO4. The van der Waals surface area contributed by atoms with Crippen LogP contribution in [0.25, 0.3) is 0 Å². The van der Waals surface area contributed by atoms with Gasteiger partial charge < -0.3 is 10.4 Å². The molecule has 2 N–H and O–H groups in total. The molecule has 0 fully saturated rings. The summed E-state index contributed by atoms with van der Waals surface area (Å²) in [7, 11) is 0. The van der Waals surface area contributed by atoms with Gasteiger partial charge in [-0.1, -0.05) is 0 Å². The molecule has 0 aromatic heterocycles. The van der Waals surface area contributed by atoms with Crippen LogP contribution >= 0.6 is 0 Å². The molecule has 1 rings (SSSR count). The molecule has 5 nitrogen and oxygen atoms in total. The van der Waals surface area contributed by atoms with E-state index >= 15 is 0 Å². The lowest BCUT2D eigenvalue weighted by Gasteiger charge is -2.12. The Hall–Kier alpha value is -2.24. The minimum absolute atomic E-state index is 0.00881. The molecule has 102 valence electrons. The van der Waals surface area contributed by atoms with Crippen molar-refractivity contribution < 1.29 is 23.9 Å². The number of ketones is 1. The first-order valence-corrected chi connectivity index (χ1v) is 5.69. The second-order valence-electron chi connectivity index (χ2n) is 4.06. The lowest BCUT2D eigenvalue weighted by Crippen LogP contribution is -2.39. The number of carboxylic acid groups (broad SMARTS) is 1. The Bertz CT molecular complexity index is 484. The fourth-order valence-corrected chi connectivity index (χ4v) is 1.56. The number of halogens is 1. The van der Waals surface area contributed by atoms with Crippen LogP contribution in [0.3, 0.4) is 0 Å². The average molecular weight is 267 g/mol. The zero-order valence-corrected chi connectivity index (χ0v) is 10.4. The first kappa shape index (κ1) is 14.8. The Morgan fingerprint density at radius 3 is 2.32 bits per heavy atom. The summed E-state index contributed by atoms with van der Waals surface area (Å²) in [4.78, 5) is 33.4. The predicted molar refractivity (Wildman–Crippen MR) is 65.2 cm³/mol. The monoisotopic (exact) mass is 267 g/mol. The number of Topliss-reactive ketones (excluding diaryl/α,β-unsaturated/α-hetero) is 1. The number of benzene rings is 1. The minimum Gasteiger partial charge on any atom is -0.480 e. The number of hydrogen-bond acceptors (Lipinski definition) is 3. The first-order chi connectivity index (χ1) is 8.90. The van der Waals surface area contributed by atoms with Crippen LogP contribution in [0.15, 0.2) is 24.3 Å². The van der Waals surface area contributed by atoms with Crippen LogP contribution in [-0.2, 0) is 9.59 Å². The van der Waals surface area contributed by atoms with Gasteiger partial charge in [0.1, 0.15) is 11.9 Å². The summed E-state index contributed by atoms with van der Waals surface area (Å²) < 4.78 is 12.7. The van der Waals surface area contributed by atoms with E-state index in [9.17, 15) is 18.8 Å². The number of carbonyl (C=O) groups is 3. The van der Waals surface area contributed by atoms with Crippen molar-refractivity contribution in [3.05, 3.63) is 35.6 Å². The van der Waals surface area contributed by atoms with Crippen LogP contribution in [0.4, 0.5) is 4.39 Å². The zero-order valence-electron chi connectivity index (χ0n) is 10.4. The Morgan fingerprint density at radius 2 is 1.84 bits per heavy atom. The quantitative estimate of drug-likeness (QED) is 0.763. The van der Waals surface area contributed by atoms with E-state index < -0.39 is 23.7 Å². The molecule has 0 radical (unpaired) electrons. The van der Waals surface area contributed by atoms with Crippen molar-refractivity contribution >= 4 is 17.7 Å². The second kappa shape index (κ2) is 6.63. The summed E-state index contributed by atoms with van der Waals surface area (Å²) in [6.45, 7) is 1.21. The highest BCUT2D eigenvalue weighted by molar-refractivity contribution is 5.96. The standard InChI is InChI=1S/C13H14FNO4/c1-8(16)15-11(13(18)19)6-7-12(17)9-2-4-10(14)5-3-9/h2-5,11H,6-7H2,1H3,(H,15,16)(H,18,19).